The molecular weight excluding hydrogens is 436 g/mol. The van der Waals surface area contributed by atoms with E-state index in [0.29, 0.717) is 19.4 Å². The molecule has 1 aliphatic rings. The Labute approximate surface area is 202 Å². The van der Waals surface area contributed by atoms with Gasteiger partial charge in [0.15, 0.2) is 19.7 Å². The lowest BCUT2D eigenvalue weighted by Crippen LogP contribution is -2.54. The van der Waals surface area contributed by atoms with Gasteiger partial charge in [-0.1, -0.05) is 60.8 Å². The zero-order valence-electron chi connectivity index (χ0n) is 22.4. The summed E-state index contributed by atoms with van der Waals surface area (Å²) in [7, 11) is -2.04. The van der Waals surface area contributed by atoms with E-state index in [4.69, 9.17) is 9.16 Å². The van der Waals surface area contributed by atoms with Crippen molar-refractivity contribution in [3.63, 3.8) is 0 Å². The number of epoxide rings is 1. The van der Waals surface area contributed by atoms with Crippen molar-refractivity contribution in [2.75, 3.05) is 13.2 Å². The number of ether oxygens (including phenoxy) is 1. The zero-order valence-corrected chi connectivity index (χ0v) is 23.4. The van der Waals surface area contributed by atoms with Crippen LogP contribution in [0, 0.1) is 5.92 Å². The summed E-state index contributed by atoms with van der Waals surface area (Å²) in [5.74, 6) is -0.413. The first kappa shape index (κ1) is 29.8. The lowest BCUT2D eigenvalue weighted by Gasteiger charge is -2.37. The molecule has 0 spiro atoms. The van der Waals surface area contributed by atoms with Gasteiger partial charge in [-0.05, 0) is 43.8 Å². The molecule has 1 aliphatic heterocycles. The number of hydrogen-bond donors (Lipinski definition) is 2. The standard InChI is InChI=1S/C25H48N2O5Si/c1-10-11-12-13-14-21(28)26-19(4)23(30)27-20(15-18(2)3)22(29)25(16-31-25)17-32-33(8,9)24(5,6)7/h18-20H,10-17H2,1-9H3,(H,26,28)(H,27,30)/t19-,20-,25-/m0/s1. The molecule has 1 rings (SSSR count). The Kier molecular flexibility index (Phi) is 11.2. The maximum absolute atomic E-state index is 13.4. The number of Topliss-reactive ketones (excluding diaryl/α,β-unsaturated/α-hetero) is 1. The van der Waals surface area contributed by atoms with Crippen LogP contribution in [0.5, 0.6) is 0 Å². The van der Waals surface area contributed by atoms with Crippen LogP contribution in [0.2, 0.25) is 18.1 Å². The third-order valence-corrected chi connectivity index (χ3v) is 11.3. The molecule has 0 aliphatic carbocycles. The van der Waals surface area contributed by atoms with E-state index in [0.717, 1.165) is 25.7 Å². The van der Waals surface area contributed by atoms with E-state index >= 15 is 0 Å². The molecule has 1 saturated heterocycles. The Bertz CT molecular complexity index is 668. The number of unbranched alkanes of at least 4 members (excludes halogenated alkanes) is 3. The highest BCUT2D eigenvalue weighted by Crippen LogP contribution is 2.39. The lowest BCUT2D eigenvalue weighted by molar-refractivity contribution is -0.133. The summed E-state index contributed by atoms with van der Waals surface area (Å²) in [4.78, 5) is 38.4. The average Bonchev–Trinajstić information content (AvgIpc) is 3.48. The maximum Gasteiger partial charge on any atom is 0.242 e. The van der Waals surface area contributed by atoms with Crippen molar-refractivity contribution in [3.8, 4) is 0 Å². The van der Waals surface area contributed by atoms with Gasteiger partial charge in [0.2, 0.25) is 11.8 Å². The molecule has 0 unspecified atom stereocenters. The van der Waals surface area contributed by atoms with E-state index < -0.39 is 26.0 Å². The topological polar surface area (TPSA) is 97.0 Å². The summed E-state index contributed by atoms with van der Waals surface area (Å²) in [6.45, 7) is 19.1. The summed E-state index contributed by atoms with van der Waals surface area (Å²) < 4.78 is 11.9. The van der Waals surface area contributed by atoms with Gasteiger partial charge in [0.25, 0.3) is 0 Å². The van der Waals surface area contributed by atoms with Crippen LogP contribution in [0.25, 0.3) is 0 Å². The highest BCUT2D eigenvalue weighted by atomic mass is 28.4. The van der Waals surface area contributed by atoms with Crippen LogP contribution >= 0.6 is 0 Å². The minimum atomic E-state index is -2.04. The van der Waals surface area contributed by atoms with Gasteiger partial charge >= 0.3 is 0 Å². The molecule has 0 aromatic carbocycles. The number of ketones is 1. The van der Waals surface area contributed by atoms with E-state index in [1.165, 1.54) is 0 Å². The van der Waals surface area contributed by atoms with Gasteiger partial charge in [0, 0.05) is 6.42 Å². The molecule has 192 valence electrons. The van der Waals surface area contributed by atoms with Crippen LogP contribution < -0.4 is 10.6 Å². The Balaban J connectivity index is 2.74. The van der Waals surface area contributed by atoms with Gasteiger partial charge in [-0.15, -0.1) is 0 Å². The van der Waals surface area contributed by atoms with Crippen molar-refractivity contribution in [2.45, 2.75) is 123 Å². The number of rotatable bonds is 15. The fourth-order valence-corrected chi connectivity index (χ4v) is 4.33. The van der Waals surface area contributed by atoms with E-state index in [1.54, 1.807) is 6.92 Å². The number of carbonyl (C=O) groups excluding carboxylic acids is 3. The fraction of sp³-hybridized carbons (Fsp3) is 0.880. The number of amides is 2. The van der Waals surface area contributed by atoms with Gasteiger partial charge < -0.3 is 19.8 Å². The molecule has 0 bridgehead atoms. The van der Waals surface area contributed by atoms with E-state index in [2.05, 4.69) is 51.4 Å². The summed E-state index contributed by atoms with van der Waals surface area (Å²) >= 11 is 0. The first-order valence-corrected chi connectivity index (χ1v) is 15.5. The second-order valence-electron chi connectivity index (χ2n) is 11.5. The van der Waals surface area contributed by atoms with Crippen molar-refractivity contribution >= 4 is 25.9 Å². The van der Waals surface area contributed by atoms with Gasteiger partial charge in [-0.3, -0.25) is 14.4 Å². The normalized spacial score (nSPS) is 20.3. The quantitative estimate of drug-likeness (QED) is 0.205. The van der Waals surface area contributed by atoms with Crippen LogP contribution in [-0.4, -0.2) is 56.8 Å². The molecule has 1 heterocycles. The van der Waals surface area contributed by atoms with Crippen LogP contribution in [0.3, 0.4) is 0 Å². The minimum absolute atomic E-state index is 0.0296. The first-order chi connectivity index (χ1) is 15.1. The fourth-order valence-electron chi connectivity index (χ4n) is 3.31. The highest BCUT2D eigenvalue weighted by Gasteiger charge is 2.56. The summed E-state index contributed by atoms with van der Waals surface area (Å²) in [5, 5.41) is 5.66. The third-order valence-electron chi connectivity index (χ3n) is 6.78. The SMILES string of the molecule is CCCCCCC(=O)N[C@@H](C)C(=O)N[C@@H](CC(C)C)C(=O)[C@@]1(CO[Si](C)(C)C(C)(C)C)CO1. The Hall–Kier alpha value is -1.25. The summed E-state index contributed by atoms with van der Waals surface area (Å²) in [5.41, 5.74) is -0.978. The van der Waals surface area contributed by atoms with E-state index in [9.17, 15) is 14.4 Å². The molecule has 2 amide bonds. The summed E-state index contributed by atoms with van der Waals surface area (Å²) in [6.07, 6.45) is 4.95. The summed E-state index contributed by atoms with van der Waals surface area (Å²) in [6, 6.07) is -1.38. The van der Waals surface area contributed by atoms with E-state index in [1.807, 2.05) is 13.8 Å². The van der Waals surface area contributed by atoms with Crippen LogP contribution in [-0.2, 0) is 23.5 Å². The molecule has 0 saturated carbocycles. The smallest absolute Gasteiger partial charge is 0.242 e. The maximum atomic E-state index is 13.4. The van der Waals surface area contributed by atoms with Crippen molar-refractivity contribution in [3.05, 3.63) is 0 Å². The average molecular weight is 485 g/mol. The number of hydrogen-bond acceptors (Lipinski definition) is 5. The Morgan fingerprint density at radius 2 is 1.67 bits per heavy atom. The van der Waals surface area contributed by atoms with E-state index in [-0.39, 0.29) is 35.2 Å². The number of carbonyl (C=O) groups is 3. The molecule has 3 atom stereocenters. The van der Waals surface area contributed by atoms with Crippen LogP contribution in [0.15, 0.2) is 0 Å². The Morgan fingerprint density at radius 1 is 1.06 bits per heavy atom. The predicted octanol–water partition coefficient (Wildman–Crippen LogP) is 4.35. The van der Waals surface area contributed by atoms with Crippen molar-refractivity contribution in [1.82, 2.24) is 10.6 Å². The second kappa shape index (κ2) is 12.5. The minimum Gasteiger partial charge on any atom is -0.413 e. The molecule has 7 nitrogen and oxygen atoms in total. The van der Waals surface area contributed by atoms with Crippen LogP contribution in [0.1, 0.15) is 87.0 Å². The Morgan fingerprint density at radius 3 is 2.15 bits per heavy atom. The van der Waals surface area contributed by atoms with Crippen molar-refractivity contribution < 1.29 is 23.5 Å². The van der Waals surface area contributed by atoms with Crippen molar-refractivity contribution in [1.29, 1.82) is 0 Å². The molecule has 8 heteroatoms. The van der Waals surface area contributed by atoms with Crippen LogP contribution in [0.4, 0.5) is 0 Å². The monoisotopic (exact) mass is 484 g/mol. The number of nitrogens with one attached hydrogen (secondary N) is 2. The molecule has 33 heavy (non-hydrogen) atoms. The molecule has 0 radical (unpaired) electrons. The lowest BCUT2D eigenvalue weighted by atomic mass is 9.92. The highest BCUT2D eigenvalue weighted by molar-refractivity contribution is 6.74. The molecule has 2 N–H and O–H groups in total. The largest absolute Gasteiger partial charge is 0.413 e. The molecule has 0 aromatic heterocycles. The first-order valence-electron chi connectivity index (χ1n) is 12.6. The molecule has 1 fully saturated rings. The van der Waals surface area contributed by atoms with Crippen molar-refractivity contribution in [2.24, 2.45) is 5.92 Å². The van der Waals surface area contributed by atoms with Gasteiger partial charge in [0.05, 0.1) is 19.3 Å². The van der Waals surface area contributed by atoms with Gasteiger partial charge in [0.1, 0.15) is 6.04 Å². The molecule has 0 aromatic rings. The third kappa shape index (κ3) is 9.49. The predicted molar refractivity (Wildman–Crippen MR) is 135 cm³/mol. The zero-order chi connectivity index (χ0) is 25.4. The second-order valence-corrected chi connectivity index (χ2v) is 16.3. The molecular formula is C25H48N2O5Si. The van der Waals surface area contributed by atoms with Gasteiger partial charge in [-0.25, -0.2) is 0 Å². The van der Waals surface area contributed by atoms with Gasteiger partial charge in [-0.2, -0.15) is 0 Å².